The van der Waals surface area contributed by atoms with Gasteiger partial charge in [-0.15, -0.1) is 0 Å². The van der Waals surface area contributed by atoms with E-state index in [1.54, 1.807) is 0 Å². The fourth-order valence-corrected chi connectivity index (χ4v) is 5.36. The minimum atomic E-state index is 0.578. The highest BCUT2D eigenvalue weighted by molar-refractivity contribution is 5.40. The van der Waals surface area contributed by atoms with Crippen molar-refractivity contribution in [3.63, 3.8) is 0 Å². The average Bonchev–Trinajstić information content (AvgIpc) is 2.93. The molecule has 0 aliphatic carbocycles. The summed E-state index contributed by atoms with van der Waals surface area (Å²) >= 11 is 0. The van der Waals surface area contributed by atoms with Crippen molar-refractivity contribution in [2.24, 2.45) is 0 Å². The summed E-state index contributed by atoms with van der Waals surface area (Å²) in [6, 6.07) is 27.7. The van der Waals surface area contributed by atoms with Crippen molar-refractivity contribution in [3.8, 4) is 11.8 Å². The van der Waals surface area contributed by atoms with Gasteiger partial charge in [0.05, 0.1) is 11.6 Å². The normalized spacial score (nSPS) is 15.3. The van der Waals surface area contributed by atoms with Crippen LogP contribution in [0.15, 0.2) is 72.8 Å². The summed E-state index contributed by atoms with van der Waals surface area (Å²) in [5.41, 5.74) is 5.83. The van der Waals surface area contributed by atoms with Gasteiger partial charge in [-0.05, 0) is 73.0 Å². The number of hydrogen-bond acceptors (Lipinski definition) is 4. The van der Waals surface area contributed by atoms with Gasteiger partial charge in [0.1, 0.15) is 12.4 Å². The Balaban J connectivity index is 1.16. The molecule has 3 aromatic carbocycles. The molecule has 0 N–H and O–H groups in total. The summed E-state index contributed by atoms with van der Waals surface area (Å²) in [6.07, 6.45) is 4.48. The number of piperazine rings is 1. The zero-order valence-corrected chi connectivity index (χ0v) is 22.5. The number of nitrogens with zero attached hydrogens (tertiary/aromatic N) is 3. The monoisotopic (exact) mass is 495 g/mol. The lowest BCUT2D eigenvalue weighted by atomic mass is 9.90. The van der Waals surface area contributed by atoms with Gasteiger partial charge in [-0.25, -0.2) is 0 Å². The van der Waals surface area contributed by atoms with E-state index in [1.165, 1.54) is 36.1 Å². The lowest BCUT2D eigenvalue weighted by Crippen LogP contribution is -2.47. The predicted molar refractivity (Wildman–Crippen MR) is 152 cm³/mol. The van der Waals surface area contributed by atoms with Gasteiger partial charge in [0.25, 0.3) is 0 Å². The number of ether oxygens (including phenoxy) is 1. The van der Waals surface area contributed by atoms with Crippen LogP contribution in [0, 0.1) is 18.3 Å². The maximum Gasteiger partial charge on any atom is 0.122 e. The Bertz CT molecular complexity index is 1150. The molecule has 1 aliphatic rings. The molecule has 0 spiro atoms. The number of hydrogen-bond donors (Lipinski definition) is 0. The molecule has 1 heterocycles. The average molecular weight is 496 g/mol. The Morgan fingerprint density at radius 3 is 2.30 bits per heavy atom. The molecule has 3 aromatic rings. The minimum Gasteiger partial charge on any atom is -0.492 e. The molecule has 1 aliphatic heterocycles. The highest BCUT2D eigenvalue weighted by Gasteiger charge is 2.18. The first-order valence-electron chi connectivity index (χ1n) is 13.9. The van der Waals surface area contributed by atoms with Crippen molar-refractivity contribution >= 4 is 0 Å². The minimum absolute atomic E-state index is 0.578. The Kier molecular flexibility index (Phi) is 10.2. The van der Waals surface area contributed by atoms with Crippen molar-refractivity contribution in [2.75, 3.05) is 45.9 Å². The zero-order chi connectivity index (χ0) is 25.9. The molecule has 4 rings (SSSR count). The van der Waals surface area contributed by atoms with Gasteiger partial charge in [0.15, 0.2) is 0 Å². The fraction of sp³-hybridized carbons (Fsp3) is 0.424. The van der Waals surface area contributed by atoms with Crippen LogP contribution in [0.1, 0.15) is 59.9 Å². The predicted octanol–water partition coefficient (Wildman–Crippen LogP) is 6.43. The molecule has 1 fully saturated rings. The van der Waals surface area contributed by atoms with Crippen LogP contribution in [0.3, 0.4) is 0 Å². The van der Waals surface area contributed by atoms with Crippen LogP contribution >= 0.6 is 0 Å². The molecule has 37 heavy (non-hydrogen) atoms. The molecule has 1 atom stereocenters. The van der Waals surface area contributed by atoms with E-state index >= 15 is 0 Å². The Hall–Kier alpha value is -3.13. The van der Waals surface area contributed by atoms with E-state index in [-0.39, 0.29) is 0 Å². The van der Waals surface area contributed by atoms with Crippen molar-refractivity contribution in [3.05, 3.63) is 101 Å². The third-order valence-electron chi connectivity index (χ3n) is 7.70. The van der Waals surface area contributed by atoms with Gasteiger partial charge in [0, 0.05) is 39.1 Å². The molecule has 0 saturated carbocycles. The number of benzene rings is 3. The van der Waals surface area contributed by atoms with Crippen molar-refractivity contribution in [1.82, 2.24) is 9.80 Å². The lowest BCUT2D eigenvalue weighted by molar-refractivity contribution is 0.115. The van der Waals surface area contributed by atoms with Gasteiger partial charge in [-0.2, -0.15) is 5.26 Å². The molecule has 0 bridgehead atoms. The molecule has 0 radical (unpaired) electrons. The van der Waals surface area contributed by atoms with Crippen LogP contribution in [0.25, 0.3) is 0 Å². The van der Waals surface area contributed by atoms with E-state index in [9.17, 15) is 5.26 Å². The van der Waals surface area contributed by atoms with E-state index in [0.29, 0.717) is 5.92 Å². The third kappa shape index (κ3) is 7.92. The summed E-state index contributed by atoms with van der Waals surface area (Å²) in [4.78, 5) is 5.15. The van der Waals surface area contributed by atoms with Crippen molar-refractivity contribution < 1.29 is 4.74 Å². The summed E-state index contributed by atoms with van der Waals surface area (Å²) in [7, 11) is 0. The zero-order valence-electron chi connectivity index (χ0n) is 22.5. The van der Waals surface area contributed by atoms with Gasteiger partial charge in [-0.1, -0.05) is 67.6 Å². The molecular weight excluding hydrogens is 454 g/mol. The highest BCUT2D eigenvalue weighted by atomic mass is 16.5. The van der Waals surface area contributed by atoms with Crippen molar-refractivity contribution in [2.45, 2.75) is 45.4 Å². The number of para-hydroxylation sites is 1. The Morgan fingerprint density at radius 1 is 0.892 bits per heavy atom. The van der Waals surface area contributed by atoms with E-state index in [1.807, 2.05) is 13.0 Å². The largest absolute Gasteiger partial charge is 0.492 e. The van der Waals surface area contributed by atoms with Gasteiger partial charge in [0.2, 0.25) is 0 Å². The molecular formula is C33H41N3O. The van der Waals surface area contributed by atoms with Crippen LogP contribution < -0.4 is 4.74 Å². The Morgan fingerprint density at radius 2 is 1.59 bits per heavy atom. The lowest BCUT2D eigenvalue weighted by Gasteiger charge is -2.34. The van der Waals surface area contributed by atoms with E-state index in [0.717, 1.165) is 69.0 Å². The highest BCUT2D eigenvalue weighted by Crippen LogP contribution is 2.27. The molecule has 194 valence electrons. The van der Waals surface area contributed by atoms with E-state index < -0.39 is 0 Å². The van der Waals surface area contributed by atoms with Gasteiger partial charge < -0.3 is 9.64 Å². The first-order valence-corrected chi connectivity index (χ1v) is 13.9. The molecule has 1 unspecified atom stereocenters. The van der Waals surface area contributed by atoms with Crippen LogP contribution in [-0.2, 0) is 6.42 Å². The van der Waals surface area contributed by atoms with Gasteiger partial charge in [-0.3, -0.25) is 4.90 Å². The second-order valence-electron chi connectivity index (χ2n) is 10.2. The van der Waals surface area contributed by atoms with Crippen LogP contribution in [0.5, 0.6) is 5.75 Å². The van der Waals surface area contributed by atoms with E-state index in [4.69, 9.17) is 4.74 Å². The fourth-order valence-electron chi connectivity index (χ4n) is 5.36. The number of rotatable bonds is 12. The third-order valence-corrected chi connectivity index (χ3v) is 7.70. The topological polar surface area (TPSA) is 39.5 Å². The molecule has 4 nitrogen and oxygen atoms in total. The number of aryl methyl sites for hydroxylation is 1. The molecule has 0 aromatic heterocycles. The quantitative estimate of drug-likeness (QED) is 0.290. The SMILES string of the molecule is CCC(CCCN1CCN(CCOc2ccccc2Cc2ccccc2)CC1)c1ccc(C#N)c(C)c1. The van der Waals surface area contributed by atoms with E-state index in [2.05, 4.69) is 89.5 Å². The summed E-state index contributed by atoms with van der Waals surface area (Å²) in [5.74, 6) is 1.59. The maximum absolute atomic E-state index is 9.20. The summed E-state index contributed by atoms with van der Waals surface area (Å²) in [5, 5.41) is 9.20. The smallest absolute Gasteiger partial charge is 0.122 e. The van der Waals surface area contributed by atoms with Crippen molar-refractivity contribution in [1.29, 1.82) is 5.26 Å². The van der Waals surface area contributed by atoms with Crippen LogP contribution in [-0.4, -0.2) is 55.7 Å². The number of nitriles is 1. The second kappa shape index (κ2) is 14.0. The summed E-state index contributed by atoms with van der Waals surface area (Å²) in [6.45, 7) is 11.7. The second-order valence-corrected chi connectivity index (χ2v) is 10.2. The Labute approximate surface area is 223 Å². The summed E-state index contributed by atoms with van der Waals surface area (Å²) < 4.78 is 6.23. The van der Waals surface area contributed by atoms with Crippen LogP contribution in [0.4, 0.5) is 0 Å². The first-order chi connectivity index (χ1) is 18.2. The standard InChI is InChI=1S/C33H41N3O/c1-3-29(30-15-16-32(26-34)27(2)24-30)13-9-17-35-18-20-36(21-19-35)22-23-37-33-14-8-7-12-31(33)25-28-10-5-4-6-11-28/h4-8,10-12,14-16,24,29H,3,9,13,17-23,25H2,1-2H3. The molecule has 0 amide bonds. The first kappa shape index (κ1) is 26.9. The molecule has 1 saturated heterocycles. The molecule has 4 heteroatoms. The van der Waals surface area contributed by atoms with Gasteiger partial charge >= 0.3 is 0 Å². The maximum atomic E-state index is 9.20. The van der Waals surface area contributed by atoms with Crippen LogP contribution in [0.2, 0.25) is 0 Å².